The molecule has 4 nitrogen and oxygen atoms in total. The van der Waals surface area contributed by atoms with Crippen LogP contribution in [0.4, 0.5) is 0 Å². The van der Waals surface area contributed by atoms with Gasteiger partial charge in [0.2, 0.25) is 0 Å². The number of hydrogen-bond acceptors (Lipinski definition) is 4. The Morgan fingerprint density at radius 3 is 2.39 bits per heavy atom. The Morgan fingerprint density at radius 1 is 1.39 bits per heavy atom. The van der Waals surface area contributed by atoms with Crippen LogP contribution in [0.1, 0.15) is 33.6 Å². The van der Waals surface area contributed by atoms with Crippen molar-refractivity contribution in [3.8, 4) is 0 Å². The number of allylic oxidation sites excluding steroid dienone is 1. The quantitative estimate of drug-likeness (QED) is 0.249. The van der Waals surface area contributed by atoms with Crippen LogP contribution in [-0.2, 0) is 14.3 Å². The highest BCUT2D eigenvalue weighted by atomic mass is 16.5. The standard InChI is InChI=1S/C14H22O4/c1-6-8-9-18-13(10(3)4)12(15)11(7-2)14(16)17-5/h7,15H,2,6,8-9H2,1,3-5H3/b12-11-. The molecule has 0 amide bonds. The normalized spacial score (nSPS) is 11.3. The Labute approximate surface area is 109 Å². The first-order chi connectivity index (χ1) is 8.49. The van der Waals surface area contributed by atoms with Crippen molar-refractivity contribution in [3.05, 3.63) is 35.3 Å². The largest absolute Gasteiger partial charge is 0.504 e. The van der Waals surface area contributed by atoms with Gasteiger partial charge in [0.15, 0.2) is 11.5 Å². The monoisotopic (exact) mass is 254 g/mol. The number of hydrogen-bond donors (Lipinski definition) is 1. The van der Waals surface area contributed by atoms with Gasteiger partial charge in [0.05, 0.1) is 13.7 Å². The van der Waals surface area contributed by atoms with Crippen molar-refractivity contribution >= 4 is 5.97 Å². The number of carbonyl (C=O) groups excluding carboxylic acids is 1. The maximum Gasteiger partial charge on any atom is 0.341 e. The highest BCUT2D eigenvalue weighted by Crippen LogP contribution is 2.19. The summed E-state index contributed by atoms with van der Waals surface area (Å²) in [6.45, 7) is 9.63. The first-order valence-corrected chi connectivity index (χ1v) is 5.94. The zero-order valence-electron chi connectivity index (χ0n) is 11.6. The average molecular weight is 254 g/mol. The van der Waals surface area contributed by atoms with Gasteiger partial charge in [-0.15, -0.1) is 0 Å². The molecule has 0 bridgehead atoms. The van der Waals surface area contributed by atoms with E-state index >= 15 is 0 Å². The molecule has 0 aliphatic heterocycles. The van der Waals surface area contributed by atoms with Crippen molar-refractivity contribution in [2.75, 3.05) is 13.7 Å². The van der Waals surface area contributed by atoms with Gasteiger partial charge in [-0.3, -0.25) is 0 Å². The molecule has 102 valence electrons. The van der Waals surface area contributed by atoms with Crippen LogP contribution in [0.25, 0.3) is 0 Å². The summed E-state index contributed by atoms with van der Waals surface area (Å²) in [6, 6.07) is 0. The Hall–Kier alpha value is -1.71. The number of esters is 1. The molecule has 0 radical (unpaired) electrons. The molecule has 0 saturated carbocycles. The van der Waals surface area contributed by atoms with Gasteiger partial charge < -0.3 is 14.6 Å². The summed E-state index contributed by atoms with van der Waals surface area (Å²) >= 11 is 0. The van der Waals surface area contributed by atoms with E-state index in [2.05, 4.69) is 11.3 Å². The molecule has 1 N–H and O–H groups in total. The van der Waals surface area contributed by atoms with E-state index in [1.165, 1.54) is 13.2 Å². The summed E-state index contributed by atoms with van der Waals surface area (Å²) in [5.74, 6) is -0.558. The van der Waals surface area contributed by atoms with Gasteiger partial charge in [0, 0.05) is 0 Å². The summed E-state index contributed by atoms with van der Waals surface area (Å²) in [5.41, 5.74) is 0.789. The van der Waals surface area contributed by atoms with Crippen LogP contribution in [0.2, 0.25) is 0 Å². The van der Waals surface area contributed by atoms with E-state index in [1.54, 1.807) is 13.8 Å². The number of rotatable bonds is 7. The van der Waals surface area contributed by atoms with Gasteiger partial charge in [-0.25, -0.2) is 4.79 Å². The smallest absolute Gasteiger partial charge is 0.341 e. The van der Waals surface area contributed by atoms with Gasteiger partial charge >= 0.3 is 5.97 Å². The van der Waals surface area contributed by atoms with Gasteiger partial charge in [-0.1, -0.05) is 26.0 Å². The minimum absolute atomic E-state index is 0.00481. The zero-order chi connectivity index (χ0) is 14.1. The maximum atomic E-state index is 11.5. The second-order valence-electron chi connectivity index (χ2n) is 3.99. The topological polar surface area (TPSA) is 55.8 Å². The number of aliphatic hydroxyl groups is 1. The molecule has 0 unspecified atom stereocenters. The lowest BCUT2D eigenvalue weighted by Gasteiger charge is -2.13. The fourth-order valence-electron chi connectivity index (χ4n) is 1.28. The van der Waals surface area contributed by atoms with Crippen LogP contribution < -0.4 is 0 Å². The first-order valence-electron chi connectivity index (χ1n) is 5.94. The second-order valence-corrected chi connectivity index (χ2v) is 3.99. The SMILES string of the molecule is C=C/C(C(=O)OC)=C(/O)C(OCCCC)=C(C)C. The molecule has 0 aliphatic rings. The van der Waals surface area contributed by atoms with Crippen LogP contribution in [0.3, 0.4) is 0 Å². The Morgan fingerprint density at radius 2 is 2.00 bits per heavy atom. The second kappa shape index (κ2) is 8.39. The maximum absolute atomic E-state index is 11.5. The molecule has 0 rings (SSSR count). The highest BCUT2D eigenvalue weighted by molar-refractivity contribution is 5.92. The summed E-state index contributed by atoms with van der Waals surface area (Å²) in [7, 11) is 1.25. The molecule has 0 aromatic carbocycles. The predicted octanol–water partition coefficient (Wildman–Crippen LogP) is 3.27. The summed E-state index contributed by atoms with van der Waals surface area (Å²) in [5, 5.41) is 10.1. The summed E-state index contributed by atoms with van der Waals surface area (Å²) in [4.78, 5) is 11.5. The Balaban J connectivity index is 5.23. The molecule has 0 aliphatic carbocycles. The molecule has 18 heavy (non-hydrogen) atoms. The van der Waals surface area contributed by atoms with E-state index in [-0.39, 0.29) is 11.3 Å². The molecule has 0 fully saturated rings. The summed E-state index contributed by atoms with van der Waals surface area (Å²) in [6.07, 6.45) is 3.13. The van der Waals surface area contributed by atoms with Crippen molar-refractivity contribution < 1.29 is 19.4 Å². The number of methoxy groups -OCH3 is 1. The molecule has 0 aromatic rings. The fourth-order valence-corrected chi connectivity index (χ4v) is 1.28. The van der Waals surface area contributed by atoms with E-state index in [9.17, 15) is 9.90 Å². The third kappa shape index (κ3) is 4.65. The van der Waals surface area contributed by atoms with Gasteiger partial charge in [0.25, 0.3) is 0 Å². The summed E-state index contributed by atoms with van der Waals surface area (Å²) < 4.78 is 10.1. The van der Waals surface area contributed by atoms with Gasteiger partial charge in [0.1, 0.15) is 5.57 Å². The number of ether oxygens (including phenoxy) is 2. The zero-order valence-corrected chi connectivity index (χ0v) is 11.6. The van der Waals surface area contributed by atoms with Crippen LogP contribution in [0.15, 0.2) is 35.3 Å². The molecule has 0 heterocycles. The van der Waals surface area contributed by atoms with Crippen LogP contribution in [0, 0.1) is 0 Å². The average Bonchev–Trinajstić information content (AvgIpc) is 2.34. The third-order valence-corrected chi connectivity index (χ3v) is 2.28. The van der Waals surface area contributed by atoms with Crippen molar-refractivity contribution in [2.24, 2.45) is 0 Å². The predicted molar refractivity (Wildman–Crippen MR) is 71.1 cm³/mol. The molecule has 0 atom stereocenters. The molecule has 0 saturated heterocycles. The Kier molecular flexibility index (Phi) is 7.59. The molecule has 0 spiro atoms. The minimum atomic E-state index is -0.639. The van der Waals surface area contributed by atoms with Crippen LogP contribution in [0.5, 0.6) is 0 Å². The van der Waals surface area contributed by atoms with E-state index < -0.39 is 5.97 Å². The van der Waals surface area contributed by atoms with E-state index in [4.69, 9.17) is 4.74 Å². The van der Waals surface area contributed by atoms with Gasteiger partial charge in [-0.2, -0.15) is 0 Å². The van der Waals surface area contributed by atoms with Crippen LogP contribution >= 0.6 is 0 Å². The Bertz CT molecular complexity index is 360. The highest BCUT2D eigenvalue weighted by Gasteiger charge is 2.18. The number of unbranched alkanes of at least 4 members (excludes halogenated alkanes) is 1. The molecule has 4 heteroatoms. The van der Waals surface area contributed by atoms with E-state index in [0.29, 0.717) is 12.4 Å². The molecular weight excluding hydrogens is 232 g/mol. The lowest BCUT2D eigenvalue weighted by Crippen LogP contribution is -2.10. The van der Waals surface area contributed by atoms with Crippen molar-refractivity contribution in [1.82, 2.24) is 0 Å². The van der Waals surface area contributed by atoms with E-state index in [1.807, 2.05) is 6.92 Å². The lowest BCUT2D eigenvalue weighted by molar-refractivity contribution is -0.135. The molecule has 0 aromatic heterocycles. The van der Waals surface area contributed by atoms with Crippen molar-refractivity contribution in [2.45, 2.75) is 33.6 Å². The third-order valence-electron chi connectivity index (χ3n) is 2.28. The van der Waals surface area contributed by atoms with Gasteiger partial charge in [-0.05, 0) is 25.8 Å². The number of aliphatic hydroxyl groups excluding tert-OH is 1. The van der Waals surface area contributed by atoms with Crippen molar-refractivity contribution in [1.29, 1.82) is 0 Å². The fraction of sp³-hybridized carbons (Fsp3) is 0.500. The van der Waals surface area contributed by atoms with E-state index in [0.717, 1.165) is 18.4 Å². The minimum Gasteiger partial charge on any atom is -0.504 e. The van der Waals surface area contributed by atoms with Crippen LogP contribution in [-0.4, -0.2) is 24.8 Å². The number of carbonyl (C=O) groups is 1. The van der Waals surface area contributed by atoms with Crippen molar-refractivity contribution in [3.63, 3.8) is 0 Å². The first kappa shape index (κ1) is 16.3. The molecular formula is C14H22O4. The lowest BCUT2D eigenvalue weighted by atomic mass is 10.1.